The highest BCUT2D eigenvalue weighted by Gasteiger charge is 2.48. The second kappa shape index (κ2) is 4.34. The molecule has 0 radical (unpaired) electrons. The zero-order valence-corrected chi connectivity index (χ0v) is 10.8. The van der Waals surface area contributed by atoms with Gasteiger partial charge in [-0.1, -0.05) is 23.9 Å². The number of amides is 1. The molecule has 1 amide bonds. The van der Waals surface area contributed by atoms with Gasteiger partial charge in [0, 0.05) is 17.7 Å². The number of thioether (sulfide) groups is 1. The molecule has 0 saturated carbocycles. The van der Waals surface area contributed by atoms with E-state index >= 15 is 0 Å². The lowest BCUT2D eigenvalue weighted by molar-refractivity contribution is -0.384. The Morgan fingerprint density at radius 1 is 1.50 bits per heavy atom. The topological polar surface area (TPSA) is 101 Å². The highest BCUT2D eigenvalue weighted by molar-refractivity contribution is 8.05. The van der Waals surface area contributed by atoms with Gasteiger partial charge in [0.25, 0.3) is 5.69 Å². The highest BCUT2D eigenvalue weighted by Crippen LogP contribution is 2.49. The van der Waals surface area contributed by atoms with Crippen LogP contribution in [0.2, 0.25) is 0 Å². The average molecular weight is 292 g/mol. The molecule has 0 aromatic heterocycles. The Balaban J connectivity index is 2.12. The number of non-ortho nitro benzene ring substituents is 1. The number of nitro benzene ring substituents is 1. The summed E-state index contributed by atoms with van der Waals surface area (Å²) in [5.41, 5.74) is 0.494. The Morgan fingerprint density at radius 2 is 2.25 bits per heavy atom. The van der Waals surface area contributed by atoms with E-state index < -0.39 is 10.9 Å². The van der Waals surface area contributed by atoms with Gasteiger partial charge in [-0.2, -0.15) is 0 Å². The molecule has 0 aliphatic carbocycles. The van der Waals surface area contributed by atoms with Crippen molar-refractivity contribution in [2.24, 2.45) is 0 Å². The van der Waals surface area contributed by atoms with Crippen molar-refractivity contribution >= 4 is 35.0 Å². The number of β-lactam (4-membered cyclic amide) rings is 1. The normalized spacial score (nSPS) is 20.7. The minimum atomic E-state index is -1.13. The summed E-state index contributed by atoms with van der Waals surface area (Å²) in [5.74, 6) is -1.29. The predicted octanol–water partition coefficient (Wildman–Crippen LogP) is 1.65. The second-order valence-electron chi connectivity index (χ2n) is 4.33. The zero-order chi connectivity index (χ0) is 14.4. The number of nitro groups is 1. The molecule has 7 nitrogen and oxygen atoms in total. The number of benzene rings is 1. The second-order valence-corrected chi connectivity index (χ2v) is 5.52. The van der Waals surface area contributed by atoms with Gasteiger partial charge in [0.2, 0.25) is 5.91 Å². The quantitative estimate of drug-likeness (QED) is 0.516. The third-order valence-corrected chi connectivity index (χ3v) is 4.39. The summed E-state index contributed by atoms with van der Waals surface area (Å²) in [6.45, 7) is 0. The first-order valence-corrected chi connectivity index (χ1v) is 6.58. The number of nitrogens with zero attached hydrogens (tertiary/aromatic N) is 2. The fourth-order valence-corrected chi connectivity index (χ4v) is 3.50. The third-order valence-electron chi connectivity index (χ3n) is 3.14. The van der Waals surface area contributed by atoms with Gasteiger partial charge in [-0.25, -0.2) is 4.79 Å². The average Bonchev–Trinajstić information content (AvgIpc) is 2.72. The molecule has 0 bridgehead atoms. The number of carboxylic acid groups (broad SMARTS) is 1. The van der Waals surface area contributed by atoms with Crippen LogP contribution < -0.4 is 0 Å². The van der Waals surface area contributed by atoms with Gasteiger partial charge in [0.15, 0.2) is 0 Å². The van der Waals surface area contributed by atoms with E-state index in [0.29, 0.717) is 12.0 Å². The molecule has 102 valence electrons. The molecular weight excluding hydrogens is 284 g/mol. The summed E-state index contributed by atoms with van der Waals surface area (Å²) in [6, 6.07) is 5.65. The zero-order valence-electron chi connectivity index (χ0n) is 9.98. The summed E-state index contributed by atoms with van der Waals surface area (Å²) >= 11 is 1.10. The van der Waals surface area contributed by atoms with E-state index in [4.69, 9.17) is 0 Å². The van der Waals surface area contributed by atoms with Gasteiger partial charge in [-0.05, 0) is 0 Å². The molecule has 1 atom stereocenters. The minimum Gasteiger partial charge on any atom is -0.477 e. The van der Waals surface area contributed by atoms with Gasteiger partial charge in [0.05, 0.1) is 22.4 Å². The molecule has 20 heavy (non-hydrogen) atoms. The number of aliphatic carboxylic acids is 1. The molecule has 2 aliphatic heterocycles. The molecule has 1 N–H and O–H groups in total. The van der Waals surface area contributed by atoms with E-state index in [2.05, 4.69) is 0 Å². The highest BCUT2D eigenvalue weighted by atomic mass is 32.2. The fraction of sp³-hybridized carbons (Fsp3) is 0.167. The molecule has 1 fully saturated rings. The maximum Gasteiger partial charge on any atom is 0.344 e. The Morgan fingerprint density at radius 3 is 2.85 bits per heavy atom. The molecular formula is C12H8N2O5S. The molecule has 0 spiro atoms. The Labute approximate surface area is 117 Å². The van der Waals surface area contributed by atoms with Crippen LogP contribution in [-0.4, -0.2) is 32.2 Å². The van der Waals surface area contributed by atoms with Crippen LogP contribution >= 0.6 is 11.8 Å². The molecule has 1 saturated heterocycles. The Hall–Kier alpha value is -2.35. The SMILES string of the molecule is O=C(O)C1=C(c2cccc([N+](=O)[O-])c2)N2C(=O)C[C@H]2S1. The van der Waals surface area contributed by atoms with Crippen molar-refractivity contribution in [3.8, 4) is 0 Å². The van der Waals surface area contributed by atoms with Crippen molar-refractivity contribution in [2.45, 2.75) is 11.8 Å². The van der Waals surface area contributed by atoms with Crippen LogP contribution in [0.1, 0.15) is 12.0 Å². The molecule has 2 heterocycles. The van der Waals surface area contributed by atoms with E-state index in [1.165, 1.54) is 23.1 Å². The van der Waals surface area contributed by atoms with Gasteiger partial charge in [-0.15, -0.1) is 0 Å². The summed E-state index contributed by atoms with van der Waals surface area (Å²) in [7, 11) is 0. The summed E-state index contributed by atoms with van der Waals surface area (Å²) in [4.78, 5) is 34.6. The molecule has 2 aliphatic rings. The van der Waals surface area contributed by atoms with Crippen LogP contribution in [0.15, 0.2) is 29.2 Å². The minimum absolute atomic E-state index is 0.0568. The number of rotatable bonds is 3. The molecule has 1 aromatic carbocycles. The van der Waals surface area contributed by atoms with Gasteiger partial charge in [0.1, 0.15) is 4.91 Å². The van der Waals surface area contributed by atoms with Crippen molar-refractivity contribution in [3.63, 3.8) is 0 Å². The lowest BCUT2D eigenvalue weighted by Gasteiger charge is -2.35. The van der Waals surface area contributed by atoms with E-state index in [1.807, 2.05) is 0 Å². The number of carbonyl (C=O) groups is 2. The van der Waals surface area contributed by atoms with E-state index in [1.54, 1.807) is 6.07 Å². The fourth-order valence-electron chi connectivity index (χ4n) is 2.24. The van der Waals surface area contributed by atoms with Crippen LogP contribution in [0.4, 0.5) is 5.69 Å². The molecule has 1 aromatic rings. The van der Waals surface area contributed by atoms with Crippen molar-refractivity contribution in [2.75, 3.05) is 0 Å². The van der Waals surface area contributed by atoms with E-state index in [0.717, 1.165) is 11.8 Å². The van der Waals surface area contributed by atoms with E-state index in [-0.39, 0.29) is 27.6 Å². The van der Waals surface area contributed by atoms with Crippen molar-refractivity contribution in [1.82, 2.24) is 4.90 Å². The maximum absolute atomic E-state index is 11.6. The Kier molecular flexibility index (Phi) is 2.75. The monoisotopic (exact) mass is 292 g/mol. The molecule has 3 rings (SSSR count). The van der Waals surface area contributed by atoms with Gasteiger partial charge >= 0.3 is 5.97 Å². The predicted molar refractivity (Wildman–Crippen MR) is 70.5 cm³/mol. The van der Waals surface area contributed by atoms with Crippen molar-refractivity contribution in [3.05, 3.63) is 44.8 Å². The number of carbonyl (C=O) groups excluding carboxylic acids is 1. The largest absolute Gasteiger partial charge is 0.477 e. The number of hydrogen-bond acceptors (Lipinski definition) is 5. The lowest BCUT2D eigenvalue weighted by Crippen LogP contribution is -2.46. The maximum atomic E-state index is 11.6. The van der Waals surface area contributed by atoms with Crippen LogP contribution in [0, 0.1) is 10.1 Å². The summed E-state index contributed by atoms with van der Waals surface area (Å²) in [5, 5.41) is 19.8. The van der Waals surface area contributed by atoms with Crippen molar-refractivity contribution in [1.29, 1.82) is 0 Å². The standard InChI is InChI=1S/C12H8N2O5S/c15-8-5-9-13(8)10(11(20-9)12(16)17)6-2-1-3-7(4-6)14(18)19/h1-4,9H,5H2,(H,16,17)/t9-/m1/s1. The first-order valence-electron chi connectivity index (χ1n) is 5.70. The van der Waals surface area contributed by atoms with Gasteiger partial charge in [-0.3, -0.25) is 19.8 Å². The lowest BCUT2D eigenvalue weighted by atomic mass is 10.1. The third kappa shape index (κ3) is 1.76. The van der Waals surface area contributed by atoms with Crippen LogP contribution in [0.5, 0.6) is 0 Å². The number of fused-ring (bicyclic) bond motifs is 1. The van der Waals surface area contributed by atoms with Crippen molar-refractivity contribution < 1.29 is 19.6 Å². The summed E-state index contributed by atoms with van der Waals surface area (Å²) in [6.07, 6.45) is 0.292. The molecule has 0 unspecified atom stereocenters. The molecule has 8 heteroatoms. The van der Waals surface area contributed by atoms with Crippen LogP contribution in [-0.2, 0) is 9.59 Å². The Bertz CT molecular complexity index is 684. The number of hydrogen-bond donors (Lipinski definition) is 1. The number of carboxylic acids is 1. The van der Waals surface area contributed by atoms with E-state index in [9.17, 15) is 24.8 Å². The first-order chi connectivity index (χ1) is 9.49. The van der Waals surface area contributed by atoms with Gasteiger partial charge < -0.3 is 5.11 Å². The van der Waals surface area contributed by atoms with Crippen LogP contribution in [0.25, 0.3) is 5.70 Å². The van der Waals surface area contributed by atoms with Crippen LogP contribution in [0.3, 0.4) is 0 Å². The first kappa shape index (κ1) is 12.7. The summed E-state index contributed by atoms with van der Waals surface area (Å²) < 4.78 is 0. The smallest absolute Gasteiger partial charge is 0.344 e.